The number of rotatable bonds is 6. The minimum Gasteiger partial charge on any atom is -0.489 e. The Morgan fingerprint density at radius 2 is 2.04 bits per heavy atom. The van der Waals surface area contributed by atoms with Gasteiger partial charge in [-0.15, -0.1) is 11.3 Å². The van der Waals surface area contributed by atoms with Gasteiger partial charge in [-0.1, -0.05) is 18.2 Å². The number of carbonyl (C=O) groups is 1. The van der Waals surface area contributed by atoms with Crippen molar-refractivity contribution in [1.82, 2.24) is 10.3 Å². The fourth-order valence-electron chi connectivity index (χ4n) is 2.51. The van der Waals surface area contributed by atoms with Crippen LogP contribution in [0.5, 0.6) is 5.75 Å². The van der Waals surface area contributed by atoms with Crippen LogP contribution in [0.25, 0.3) is 10.6 Å². The maximum absolute atomic E-state index is 13.3. The van der Waals surface area contributed by atoms with Gasteiger partial charge in [-0.05, 0) is 42.7 Å². The molecule has 1 fully saturated rings. The molecule has 0 atom stereocenters. The highest BCUT2D eigenvalue weighted by Gasteiger charge is 2.24. The summed E-state index contributed by atoms with van der Waals surface area (Å²) in [6.07, 6.45) is 2.06. The topological polar surface area (TPSA) is 51.2 Å². The van der Waals surface area contributed by atoms with Gasteiger partial charge in [0.2, 0.25) is 0 Å². The van der Waals surface area contributed by atoms with Crippen molar-refractivity contribution in [3.63, 3.8) is 0 Å². The summed E-state index contributed by atoms with van der Waals surface area (Å²) < 4.78 is 31.9. The molecule has 27 heavy (non-hydrogen) atoms. The normalized spacial score (nSPS) is 13.4. The number of ether oxygens (including phenoxy) is 1. The first-order valence-electron chi connectivity index (χ1n) is 8.52. The molecule has 3 aromatic rings. The van der Waals surface area contributed by atoms with E-state index < -0.39 is 11.6 Å². The number of aromatic nitrogens is 1. The van der Waals surface area contributed by atoms with Gasteiger partial charge in [0.25, 0.3) is 5.91 Å². The second kappa shape index (κ2) is 7.44. The number of hydrogen-bond donors (Lipinski definition) is 1. The van der Waals surface area contributed by atoms with E-state index in [-0.39, 0.29) is 18.6 Å². The molecule has 0 aliphatic heterocycles. The predicted octanol–water partition coefficient (Wildman–Crippen LogP) is 4.56. The molecule has 0 saturated heterocycles. The van der Waals surface area contributed by atoms with E-state index in [1.807, 2.05) is 12.1 Å². The highest BCUT2D eigenvalue weighted by Crippen LogP contribution is 2.28. The van der Waals surface area contributed by atoms with Gasteiger partial charge in [-0.2, -0.15) is 0 Å². The van der Waals surface area contributed by atoms with Gasteiger partial charge in [-0.25, -0.2) is 13.8 Å². The Morgan fingerprint density at radius 1 is 1.19 bits per heavy atom. The summed E-state index contributed by atoms with van der Waals surface area (Å²) in [5.74, 6) is -1.35. The monoisotopic (exact) mass is 386 g/mol. The molecule has 0 unspecified atom stereocenters. The second-order valence-corrected chi connectivity index (χ2v) is 7.21. The second-order valence-electron chi connectivity index (χ2n) is 6.35. The van der Waals surface area contributed by atoms with E-state index in [9.17, 15) is 13.6 Å². The van der Waals surface area contributed by atoms with Gasteiger partial charge < -0.3 is 10.1 Å². The average Bonchev–Trinajstić information content (AvgIpc) is 3.34. The molecule has 2 aromatic carbocycles. The minimum atomic E-state index is -0.898. The molecule has 1 heterocycles. The molecular formula is C20H16F2N2O2S. The molecule has 1 N–H and O–H groups in total. The van der Waals surface area contributed by atoms with Crippen LogP contribution in [0.15, 0.2) is 47.8 Å². The van der Waals surface area contributed by atoms with Crippen LogP contribution in [0, 0.1) is 11.6 Å². The largest absolute Gasteiger partial charge is 0.489 e. The zero-order valence-electron chi connectivity index (χ0n) is 14.2. The van der Waals surface area contributed by atoms with Crippen LogP contribution < -0.4 is 10.1 Å². The molecule has 7 heteroatoms. The first-order chi connectivity index (χ1) is 13.1. The molecule has 1 amide bonds. The zero-order chi connectivity index (χ0) is 18.8. The molecule has 138 valence electrons. The summed E-state index contributed by atoms with van der Waals surface area (Å²) in [4.78, 5) is 16.5. The Balaban J connectivity index is 1.44. The maximum Gasteiger partial charge on any atom is 0.270 e. The SMILES string of the molecule is O=C(NC1CC1)c1csc(-c2cccc(OCc3ccc(F)c(F)c3)c2)n1. The number of amides is 1. The summed E-state index contributed by atoms with van der Waals surface area (Å²) in [6, 6.07) is 11.2. The lowest BCUT2D eigenvalue weighted by Gasteiger charge is -2.08. The molecule has 1 aromatic heterocycles. The van der Waals surface area contributed by atoms with Crippen LogP contribution in [0.2, 0.25) is 0 Å². The van der Waals surface area contributed by atoms with Gasteiger partial charge in [0.05, 0.1) is 0 Å². The Kier molecular flexibility index (Phi) is 4.85. The quantitative estimate of drug-likeness (QED) is 0.676. The van der Waals surface area contributed by atoms with Crippen molar-refractivity contribution >= 4 is 17.2 Å². The van der Waals surface area contributed by atoms with E-state index in [0.29, 0.717) is 22.0 Å². The minimum absolute atomic E-state index is 0.119. The lowest BCUT2D eigenvalue weighted by molar-refractivity contribution is 0.0947. The first kappa shape index (κ1) is 17.6. The first-order valence-corrected chi connectivity index (χ1v) is 9.40. The van der Waals surface area contributed by atoms with Crippen LogP contribution in [0.4, 0.5) is 8.78 Å². The van der Waals surface area contributed by atoms with Gasteiger partial charge in [0.1, 0.15) is 23.1 Å². The Hall–Kier alpha value is -2.80. The Morgan fingerprint density at radius 3 is 2.81 bits per heavy atom. The van der Waals surface area contributed by atoms with Crippen molar-refractivity contribution in [3.05, 3.63) is 70.7 Å². The number of hydrogen-bond acceptors (Lipinski definition) is 4. The Bertz CT molecular complexity index is 986. The molecule has 1 aliphatic carbocycles. The van der Waals surface area contributed by atoms with E-state index in [1.165, 1.54) is 17.4 Å². The molecule has 0 bridgehead atoms. The number of nitrogens with zero attached hydrogens (tertiary/aromatic N) is 1. The summed E-state index contributed by atoms with van der Waals surface area (Å²) in [6.45, 7) is 0.119. The lowest BCUT2D eigenvalue weighted by atomic mass is 10.2. The fraction of sp³-hybridized carbons (Fsp3) is 0.200. The lowest BCUT2D eigenvalue weighted by Crippen LogP contribution is -2.25. The standard InChI is InChI=1S/C20H16F2N2O2S/c21-16-7-4-12(8-17(16)22)10-26-15-3-1-2-13(9-15)20-24-18(11-27-20)19(25)23-14-5-6-14/h1-4,7-9,11,14H,5-6,10H2,(H,23,25). The molecule has 4 rings (SSSR count). The predicted molar refractivity (Wildman–Crippen MR) is 98.7 cm³/mol. The summed E-state index contributed by atoms with van der Waals surface area (Å²) in [5.41, 5.74) is 1.77. The Labute approximate surface area is 158 Å². The van der Waals surface area contributed by atoms with Crippen LogP contribution in [-0.2, 0) is 6.61 Å². The highest BCUT2D eigenvalue weighted by molar-refractivity contribution is 7.13. The maximum atomic E-state index is 13.3. The van der Waals surface area contributed by atoms with Gasteiger partial charge >= 0.3 is 0 Å². The van der Waals surface area contributed by atoms with E-state index in [2.05, 4.69) is 10.3 Å². The van der Waals surface area contributed by atoms with Crippen LogP contribution in [0.3, 0.4) is 0 Å². The van der Waals surface area contributed by atoms with Crippen molar-refractivity contribution < 1.29 is 18.3 Å². The van der Waals surface area contributed by atoms with Crippen LogP contribution in [-0.4, -0.2) is 16.9 Å². The fourth-order valence-corrected chi connectivity index (χ4v) is 3.31. The summed E-state index contributed by atoms with van der Waals surface area (Å²) in [5, 5.41) is 5.37. The van der Waals surface area contributed by atoms with E-state index in [1.54, 1.807) is 17.5 Å². The van der Waals surface area contributed by atoms with Crippen LogP contribution >= 0.6 is 11.3 Å². The highest BCUT2D eigenvalue weighted by atomic mass is 32.1. The molecule has 1 aliphatic rings. The van der Waals surface area contributed by atoms with Crippen molar-refractivity contribution in [1.29, 1.82) is 0 Å². The third-order valence-corrected chi connectivity index (χ3v) is 5.01. The summed E-state index contributed by atoms with van der Waals surface area (Å²) in [7, 11) is 0. The molecule has 4 nitrogen and oxygen atoms in total. The number of carbonyl (C=O) groups excluding carboxylic acids is 1. The van der Waals surface area contributed by atoms with Crippen molar-refractivity contribution in [3.8, 4) is 16.3 Å². The van der Waals surface area contributed by atoms with E-state index in [4.69, 9.17) is 4.74 Å². The molecular weight excluding hydrogens is 370 g/mol. The number of thiazole rings is 1. The number of nitrogens with one attached hydrogen (secondary N) is 1. The van der Waals surface area contributed by atoms with Crippen molar-refractivity contribution in [2.24, 2.45) is 0 Å². The molecule has 0 radical (unpaired) electrons. The van der Waals surface area contributed by atoms with Crippen molar-refractivity contribution in [2.75, 3.05) is 0 Å². The van der Waals surface area contributed by atoms with E-state index >= 15 is 0 Å². The van der Waals surface area contributed by atoms with Gasteiger partial charge in [0, 0.05) is 17.0 Å². The van der Waals surface area contributed by atoms with Gasteiger partial charge in [0.15, 0.2) is 11.6 Å². The van der Waals surface area contributed by atoms with Crippen molar-refractivity contribution in [2.45, 2.75) is 25.5 Å². The van der Waals surface area contributed by atoms with E-state index in [0.717, 1.165) is 30.5 Å². The number of halogens is 2. The number of benzene rings is 2. The smallest absolute Gasteiger partial charge is 0.270 e. The summed E-state index contributed by atoms with van der Waals surface area (Å²) >= 11 is 1.39. The third kappa shape index (κ3) is 4.31. The molecule has 1 saturated carbocycles. The van der Waals surface area contributed by atoms with Gasteiger partial charge in [-0.3, -0.25) is 4.79 Å². The molecule has 0 spiro atoms. The third-order valence-electron chi connectivity index (χ3n) is 4.12. The average molecular weight is 386 g/mol. The zero-order valence-corrected chi connectivity index (χ0v) is 15.1. The van der Waals surface area contributed by atoms with Crippen LogP contribution in [0.1, 0.15) is 28.9 Å².